The van der Waals surface area contributed by atoms with Crippen molar-refractivity contribution < 1.29 is 50.0 Å². The van der Waals surface area contributed by atoms with E-state index < -0.39 is 74.2 Å². The Bertz CT molecular complexity index is 1220. The molecule has 75 heavy (non-hydrogen) atoms. The number of amides is 1. The molecular formula is C64H125NO10. The van der Waals surface area contributed by atoms with E-state index in [2.05, 4.69) is 31.3 Å². The van der Waals surface area contributed by atoms with Gasteiger partial charge in [-0.15, -0.1) is 0 Å². The van der Waals surface area contributed by atoms with E-state index in [0.717, 1.165) is 38.5 Å². The molecule has 8 N–H and O–H groups in total. The van der Waals surface area contributed by atoms with Crippen molar-refractivity contribution in [3.8, 4) is 0 Å². The minimum atomic E-state index is -1.66. The molecule has 0 saturated carbocycles. The van der Waals surface area contributed by atoms with Crippen molar-refractivity contribution in [3.63, 3.8) is 0 Å². The normalized spacial score (nSPS) is 19.7. The lowest BCUT2D eigenvalue weighted by atomic mass is 9.98. The first-order valence-corrected chi connectivity index (χ1v) is 32.6. The van der Waals surface area contributed by atoms with Crippen molar-refractivity contribution in [2.24, 2.45) is 0 Å². The summed E-state index contributed by atoms with van der Waals surface area (Å²) in [4.78, 5) is 13.2. The number of ether oxygens (including phenoxy) is 2. The van der Waals surface area contributed by atoms with E-state index in [1.807, 2.05) is 0 Å². The Kier molecular flexibility index (Phi) is 51.3. The van der Waals surface area contributed by atoms with Crippen molar-refractivity contribution >= 4 is 5.91 Å². The van der Waals surface area contributed by atoms with Gasteiger partial charge >= 0.3 is 0 Å². The molecule has 0 aromatic carbocycles. The van der Waals surface area contributed by atoms with Gasteiger partial charge in [-0.05, 0) is 38.5 Å². The van der Waals surface area contributed by atoms with Gasteiger partial charge in [0.2, 0.25) is 5.91 Å². The van der Waals surface area contributed by atoms with E-state index >= 15 is 0 Å². The fraction of sp³-hybridized carbons (Fsp3) is 0.953. The molecule has 11 heteroatoms. The minimum Gasteiger partial charge on any atom is -0.394 e. The second kappa shape index (κ2) is 53.5. The van der Waals surface area contributed by atoms with Crippen molar-refractivity contribution in [1.29, 1.82) is 0 Å². The average molecular weight is 1070 g/mol. The topological polar surface area (TPSA) is 189 Å². The summed E-state index contributed by atoms with van der Waals surface area (Å²) in [6, 6.07) is -1.18. The van der Waals surface area contributed by atoms with Crippen LogP contribution in [0.3, 0.4) is 0 Å². The number of unbranched alkanes of at least 4 members (excludes halogenated alkanes) is 43. The van der Waals surface area contributed by atoms with E-state index in [-0.39, 0.29) is 12.8 Å². The third-order valence-electron chi connectivity index (χ3n) is 16.1. The Morgan fingerprint density at radius 1 is 0.453 bits per heavy atom. The van der Waals surface area contributed by atoms with Gasteiger partial charge in [0.1, 0.15) is 36.6 Å². The van der Waals surface area contributed by atoms with Gasteiger partial charge in [0, 0.05) is 0 Å². The van der Waals surface area contributed by atoms with E-state index in [4.69, 9.17) is 9.47 Å². The molecule has 0 bridgehead atoms. The lowest BCUT2D eigenvalue weighted by Crippen LogP contribution is -2.60. The summed E-state index contributed by atoms with van der Waals surface area (Å²) in [5.74, 6) is -0.700. The Morgan fingerprint density at radius 2 is 0.787 bits per heavy atom. The number of aliphatic hydroxyl groups is 7. The molecule has 1 rings (SSSR count). The number of carbonyl (C=O) groups is 1. The number of nitrogens with one attached hydrogen (secondary N) is 1. The van der Waals surface area contributed by atoms with Crippen molar-refractivity contribution in [2.45, 2.75) is 377 Å². The number of hydrogen-bond acceptors (Lipinski definition) is 10. The van der Waals surface area contributed by atoms with Gasteiger partial charge in [0.05, 0.1) is 25.4 Å². The van der Waals surface area contributed by atoms with Gasteiger partial charge in [-0.1, -0.05) is 296 Å². The first-order valence-electron chi connectivity index (χ1n) is 32.6. The fourth-order valence-corrected chi connectivity index (χ4v) is 10.8. The molecule has 1 heterocycles. The van der Waals surface area contributed by atoms with Crippen LogP contribution in [0.1, 0.15) is 322 Å². The summed E-state index contributed by atoms with van der Waals surface area (Å²) in [6.07, 6.45) is 53.1. The summed E-state index contributed by atoms with van der Waals surface area (Å²) < 4.78 is 11.1. The van der Waals surface area contributed by atoms with Crippen molar-refractivity contribution in [1.82, 2.24) is 5.32 Å². The van der Waals surface area contributed by atoms with E-state index in [9.17, 15) is 40.5 Å². The highest BCUT2D eigenvalue weighted by atomic mass is 16.7. The highest BCUT2D eigenvalue weighted by molar-refractivity contribution is 5.80. The molecule has 0 aliphatic carbocycles. The van der Waals surface area contributed by atoms with E-state index in [0.29, 0.717) is 12.8 Å². The number of carbonyl (C=O) groups excluding carboxylic acids is 1. The zero-order valence-corrected chi connectivity index (χ0v) is 49.1. The quantitative estimate of drug-likeness (QED) is 0.0215. The standard InChI is InChI=1S/C64H125NO10/c1-3-5-7-9-11-13-15-17-19-20-21-22-23-24-25-26-27-28-29-30-31-32-33-34-35-36-37-38-40-42-44-46-48-50-52-57(68)63(73)65-55(54-74-64-62(72)61(71)60(70)58(53-66)75-64)59(69)56(67)51-49-47-45-43-41-39-18-16-14-12-10-8-6-4-2/h43,45,55-62,64,66-72H,3-42,44,46-54H2,1-2H3,(H,65,73)/b45-43+. The first-order chi connectivity index (χ1) is 36.7. The predicted octanol–water partition coefficient (Wildman–Crippen LogP) is 14.7. The molecule has 9 unspecified atom stereocenters. The van der Waals surface area contributed by atoms with Gasteiger partial charge < -0.3 is 50.5 Å². The van der Waals surface area contributed by atoms with Crippen LogP contribution in [0, 0.1) is 0 Å². The van der Waals surface area contributed by atoms with Gasteiger partial charge in [-0.3, -0.25) is 4.79 Å². The lowest BCUT2D eigenvalue weighted by molar-refractivity contribution is -0.303. The lowest BCUT2D eigenvalue weighted by Gasteiger charge is -2.40. The van der Waals surface area contributed by atoms with E-state index in [1.54, 1.807) is 0 Å². The maximum atomic E-state index is 13.2. The monoisotopic (exact) mass is 1070 g/mol. The van der Waals surface area contributed by atoms with Crippen LogP contribution in [0.25, 0.3) is 0 Å². The molecule has 11 nitrogen and oxygen atoms in total. The Morgan fingerprint density at radius 3 is 1.15 bits per heavy atom. The second-order valence-corrected chi connectivity index (χ2v) is 23.2. The van der Waals surface area contributed by atoms with Crippen molar-refractivity contribution in [3.05, 3.63) is 12.2 Å². The summed E-state index contributed by atoms with van der Waals surface area (Å²) >= 11 is 0. The molecular weight excluding hydrogens is 943 g/mol. The van der Waals surface area contributed by atoms with Crippen LogP contribution in [0.15, 0.2) is 12.2 Å². The van der Waals surface area contributed by atoms with Crippen LogP contribution < -0.4 is 5.32 Å². The number of allylic oxidation sites excluding steroid dienone is 2. The summed E-state index contributed by atoms with van der Waals surface area (Å²) in [5.41, 5.74) is 0. The van der Waals surface area contributed by atoms with E-state index in [1.165, 1.54) is 244 Å². The van der Waals surface area contributed by atoms with Crippen LogP contribution in [-0.4, -0.2) is 110 Å². The number of hydrogen-bond donors (Lipinski definition) is 8. The summed E-state index contributed by atoms with van der Waals surface area (Å²) in [5, 5.41) is 76.1. The molecule has 0 radical (unpaired) electrons. The molecule has 1 aliphatic heterocycles. The van der Waals surface area contributed by atoms with Gasteiger partial charge in [-0.25, -0.2) is 0 Å². The largest absolute Gasteiger partial charge is 0.394 e. The molecule has 1 amide bonds. The summed E-state index contributed by atoms with van der Waals surface area (Å²) in [6.45, 7) is 3.47. The summed E-state index contributed by atoms with van der Waals surface area (Å²) in [7, 11) is 0. The molecule has 9 atom stereocenters. The molecule has 0 aromatic heterocycles. The van der Waals surface area contributed by atoms with Crippen LogP contribution in [0.5, 0.6) is 0 Å². The van der Waals surface area contributed by atoms with Crippen LogP contribution in [0.2, 0.25) is 0 Å². The molecule has 0 spiro atoms. The minimum absolute atomic E-state index is 0.260. The van der Waals surface area contributed by atoms with Crippen LogP contribution in [0.4, 0.5) is 0 Å². The highest BCUT2D eigenvalue weighted by Crippen LogP contribution is 2.24. The van der Waals surface area contributed by atoms with Gasteiger partial charge in [-0.2, -0.15) is 0 Å². The maximum absolute atomic E-state index is 13.2. The zero-order chi connectivity index (χ0) is 54.7. The van der Waals surface area contributed by atoms with Crippen LogP contribution in [-0.2, 0) is 14.3 Å². The molecule has 446 valence electrons. The molecule has 0 aromatic rings. The highest BCUT2D eigenvalue weighted by Gasteiger charge is 2.44. The first kappa shape index (κ1) is 71.9. The predicted molar refractivity (Wildman–Crippen MR) is 312 cm³/mol. The zero-order valence-electron chi connectivity index (χ0n) is 49.1. The Labute approximate surface area is 462 Å². The number of aliphatic hydroxyl groups excluding tert-OH is 7. The second-order valence-electron chi connectivity index (χ2n) is 23.2. The number of rotatable bonds is 57. The average Bonchev–Trinajstić information content (AvgIpc) is 3.41. The SMILES string of the molecule is CCCCCCCCCCC/C=C/CCCC(O)C(O)C(COC1OC(CO)C(O)C(O)C1O)NC(=O)C(O)CCCCCCCCCCCCCCCCCCCCCCCCCCCCCCCCCCCC. The van der Waals surface area contributed by atoms with Crippen molar-refractivity contribution in [2.75, 3.05) is 13.2 Å². The smallest absolute Gasteiger partial charge is 0.249 e. The third kappa shape index (κ3) is 41.5. The Balaban J connectivity index is 2.14. The van der Waals surface area contributed by atoms with Crippen LogP contribution >= 0.6 is 0 Å². The molecule has 1 fully saturated rings. The van der Waals surface area contributed by atoms with Gasteiger partial charge in [0.25, 0.3) is 0 Å². The third-order valence-corrected chi connectivity index (χ3v) is 16.1. The molecule has 1 saturated heterocycles. The maximum Gasteiger partial charge on any atom is 0.249 e. The fourth-order valence-electron chi connectivity index (χ4n) is 10.8. The Hall–Kier alpha value is -1.15. The van der Waals surface area contributed by atoms with Gasteiger partial charge in [0.15, 0.2) is 6.29 Å². The molecule has 1 aliphatic rings.